The van der Waals surface area contributed by atoms with Crippen LogP contribution in [0.25, 0.3) is 10.8 Å². The summed E-state index contributed by atoms with van der Waals surface area (Å²) < 4.78 is 5.40. The van der Waals surface area contributed by atoms with Gasteiger partial charge < -0.3 is 25.2 Å². The van der Waals surface area contributed by atoms with Crippen LogP contribution in [0.1, 0.15) is 41.4 Å². The van der Waals surface area contributed by atoms with E-state index in [1.165, 1.54) is 30.3 Å². The molecule has 0 fully saturated rings. The summed E-state index contributed by atoms with van der Waals surface area (Å²) in [5.74, 6) is -4.53. The lowest BCUT2D eigenvalue weighted by atomic mass is 9.99. The topological polar surface area (TPSA) is 158 Å². The van der Waals surface area contributed by atoms with Crippen molar-refractivity contribution >= 4 is 34.6 Å². The van der Waals surface area contributed by atoms with Crippen LogP contribution < -0.4 is 4.74 Å². The Kier molecular flexibility index (Phi) is 7.43. The summed E-state index contributed by atoms with van der Waals surface area (Å²) in [4.78, 5) is 44.1. The Balaban J connectivity index is 0.000000198. The fraction of sp³-hybridized carbons (Fsp3) is 0. The summed E-state index contributed by atoms with van der Waals surface area (Å²) in [6, 6.07) is 21.8. The Morgan fingerprint density at radius 1 is 0.486 bits per heavy atom. The van der Waals surface area contributed by atoms with E-state index in [0.717, 1.165) is 0 Å². The van der Waals surface area contributed by atoms with E-state index in [1.54, 1.807) is 54.6 Å². The molecule has 176 valence electrons. The Labute approximate surface area is 198 Å². The van der Waals surface area contributed by atoms with E-state index < -0.39 is 23.9 Å². The quantitative estimate of drug-likeness (QED) is 0.298. The van der Waals surface area contributed by atoms with E-state index in [1.807, 2.05) is 0 Å². The number of hydrogen-bond acceptors (Lipinski definition) is 5. The molecule has 4 rings (SSSR count). The third-order valence-electron chi connectivity index (χ3n) is 4.83. The molecule has 35 heavy (non-hydrogen) atoms. The maximum atomic E-state index is 11.1. The fourth-order valence-electron chi connectivity index (χ4n) is 3.26. The predicted molar refractivity (Wildman–Crippen MR) is 125 cm³/mol. The molecule has 0 aliphatic rings. The second kappa shape index (κ2) is 10.6. The van der Waals surface area contributed by atoms with Gasteiger partial charge in [0, 0.05) is 0 Å². The number of carbonyl (C=O) groups is 4. The second-order valence-electron chi connectivity index (χ2n) is 7.02. The third kappa shape index (κ3) is 5.60. The molecule has 0 saturated carbocycles. The van der Waals surface area contributed by atoms with E-state index in [4.69, 9.17) is 25.2 Å². The SMILES string of the molecule is O=C(O)c1ccc2ccccc2c1C(=O)O.O=C(O)c1ccccc1Oc1ccccc1C(=O)O. The zero-order valence-corrected chi connectivity index (χ0v) is 17.9. The van der Waals surface area contributed by atoms with Gasteiger partial charge in [0.2, 0.25) is 0 Å². The van der Waals surface area contributed by atoms with Crippen LogP contribution >= 0.6 is 0 Å². The molecule has 0 saturated heterocycles. The van der Waals surface area contributed by atoms with Crippen LogP contribution in [0.2, 0.25) is 0 Å². The standard InChI is InChI=1S/C14H10O5.C12H8O4/c15-13(16)9-5-1-3-7-11(9)19-12-8-4-2-6-10(12)14(17)18;13-11(14)9-6-5-7-3-1-2-4-8(7)10(9)12(15)16/h1-8H,(H,15,16)(H,17,18);1-6H,(H,13,14)(H,15,16). The van der Waals surface area contributed by atoms with E-state index in [-0.39, 0.29) is 33.8 Å². The van der Waals surface area contributed by atoms with Gasteiger partial charge in [0.1, 0.15) is 22.6 Å². The maximum Gasteiger partial charge on any atom is 0.339 e. The smallest absolute Gasteiger partial charge is 0.339 e. The monoisotopic (exact) mass is 474 g/mol. The van der Waals surface area contributed by atoms with Crippen molar-refractivity contribution in [2.24, 2.45) is 0 Å². The van der Waals surface area contributed by atoms with Gasteiger partial charge in [-0.05, 0) is 41.1 Å². The van der Waals surface area contributed by atoms with Gasteiger partial charge in [-0.15, -0.1) is 0 Å². The van der Waals surface area contributed by atoms with E-state index in [0.29, 0.717) is 10.8 Å². The van der Waals surface area contributed by atoms with E-state index in [2.05, 4.69) is 0 Å². The van der Waals surface area contributed by atoms with Gasteiger partial charge in [-0.25, -0.2) is 19.2 Å². The highest BCUT2D eigenvalue weighted by Gasteiger charge is 2.18. The number of carboxylic acid groups (broad SMARTS) is 4. The minimum Gasteiger partial charge on any atom is -0.478 e. The van der Waals surface area contributed by atoms with Gasteiger partial charge >= 0.3 is 23.9 Å². The molecule has 0 bridgehead atoms. The summed E-state index contributed by atoms with van der Waals surface area (Å²) >= 11 is 0. The Morgan fingerprint density at radius 3 is 1.43 bits per heavy atom. The fourth-order valence-corrected chi connectivity index (χ4v) is 3.26. The van der Waals surface area contributed by atoms with Crippen LogP contribution in [0.15, 0.2) is 84.9 Å². The van der Waals surface area contributed by atoms with Crippen LogP contribution in [0.5, 0.6) is 11.5 Å². The van der Waals surface area contributed by atoms with Crippen molar-refractivity contribution in [1.29, 1.82) is 0 Å². The van der Waals surface area contributed by atoms with Gasteiger partial charge in [-0.2, -0.15) is 0 Å². The number of para-hydroxylation sites is 2. The highest BCUT2D eigenvalue weighted by Crippen LogP contribution is 2.28. The predicted octanol–water partition coefficient (Wildman–Crippen LogP) is 5.11. The first kappa shape index (κ1) is 24.5. The molecular formula is C26H18O9. The van der Waals surface area contributed by atoms with E-state index >= 15 is 0 Å². The summed E-state index contributed by atoms with van der Waals surface area (Å²) in [6.45, 7) is 0. The lowest BCUT2D eigenvalue weighted by molar-refractivity contribution is 0.0653. The van der Waals surface area contributed by atoms with Gasteiger partial charge in [0.25, 0.3) is 0 Å². The first-order valence-electron chi connectivity index (χ1n) is 10.0. The first-order valence-corrected chi connectivity index (χ1v) is 10.0. The summed E-state index contributed by atoms with van der Waals surface area (Å²) in [5, 5.41) is 37.2. The molecule has 4 aromatic rings. The minimum absolute atomic E-state index is 0.0253. The van der Waals surface area contributed by atoms with Crippen molar-refractivity contribution in [2.75, 3.05) is 0 Å². The van der Waals surface area contributed by atoms with Crippen LogP contribution in [0.4, 0.5) is 0 Å². The summed E-state index contributed by atoms with van der Waals surface area (Å²) in [6.07, 6.45) is 0. The number of rotatable bonds is 6. The molecule has 9 heteroatoms. The second-order valence-corrected chi connectivity index (χ2v) is 7.02. The van der Waals surface area contributed by atoms with Gasteiger partial charge in [-0.3, -0.25) is 0 Å². The average Bonchev–Trinajstić information content (AvgIpc) is 2.84. The van der Waals surface area contributed by atoms with Crippen molar-refractivity contribution in [3.63, 3.8) is 0 Å². The molecule has 0 spiro atoms. The zero-order chi connectivity index (χ0) is 25.5. The number of ether oxygens (including phenoxy) is 1. The van der Waals surface area contributed by atoms with Gasteiger partial charge in [-0.1, -0.05) is 54.6 Å². The number of hydrogen-bond donors (Lipinski definition) is 4. The maximum absolute atomic E-state index is 11.1. The molecule has 4 N–H and O–H groups in total. The van der Waals surface area contributed by atoms with Gasteiger partial charge in [0.15, 0.2) is 0 Å². The molecule has 0 amide bonds. The first-order chi connectivity index (χ1) is 16.7. The molecule has 0 unspecified atom stereocenters. The molecule has 4 aromatic carbocycles. The minimum atomic E-state index is -1.23. The van der Waals surface area contributed by atoms with Crippen LogP contribution in [-0.4, -0.2) is 44.3 Å². The molecule has 9 nitrogen and oxygen atoms in total. The molecule has 0 radical (unpaired) electrons. The van der Waals surface area contributed by atoms with Crippen molar-refractivity contribution in [3.05, 3.63) is 107 Å². The van der Waals surface area contributed by atoms with Gasteiger partial charge in [0.05, 0.1) is 11.1 Å². The van der Waals surface area contributed by atoms with Crippen molar-refractivity contribution in [2.45, 2.75) is 0 Å². The summed E-state index contributed by atoms with van der Waals surface area (Å²) in [5.41, 5.74) is -0.401. The highest BCUT2D eigenvalue weighted by molar-refractivity contribution is 6.11. The lowest BCUT2D eigenvalue weighted by Crippen LogP contribution is -2.08. The molecule has 0 aliphatic heterocycles. The van der Waals surface area contributed by atoms with Crippen molar-refractivity contribution < 1.29 is 44.3 Å². The molecule has 0 atom stereocenters. The Bertz CT molecular complexity index is 1380. The lowest BCUT2D eigenvalue weighted by Gasteiger charge is -2.10. The zero-order valence-electron chi connectivity index (χ0n) is 17.9. The highest BCUT2D eigenvalue weighted by atomic mass is 16.5. The molecule has 0 aromatic heterocycles. The third-order valence-corrected chi connectivity index (χ3v) is 4.83. The molecular weight excluding hydrogens is 456 g/mol. The normalized spacial score (nSPS) is 10.1. The number of fused-ring (bicyclic) bond motifs is 1. The van der Waals surface area contributed by atoms with Crippen molar-refractivity contribution in [1.82, 2.24) is 0 Å². The Hall–Kier alpha value is -5.18. The average molecular weight is 474 g/mol. The van der Waals surface area contributed by atoms with Crippen molar-refractivity contribution in [3.8, 4) is 11.5 Å². The summed E-state index contributed by atoms with van der Waals surface area (Å²) in [7, 11) is 0. The van der Waals surface area contributed by atoms with Crippen LogP contribution in [0.3, 0.4) is 0 Å². The number of aromatic carboxylic acids is 4. The molecule has 0 aliphatic carbocycles. The largest absolute Gasteiger partial charge is 0.478 e. The number of benzene rings is 4. The Morgan fingerprint density at radius 2 is 0.943 bits per heavy atom. The van der Waals surface area contributed by atoms with Crippen LogP contribution in [-0.2, 0) is 0 Å². The van der Waals surface area contributed by atoms with E-state index in [9.17, 15) is 19.2 Å². The molecule has 0 heterocycles. The van der Waals surface area contributed by atoms with Crippen LogP contribution in [0, 0.1) is 0 Å². The number of carboxylic acids is 4.